The number of hydrogen-bond acceptors (Lipinski definition) is 2. The summed E-state index contributed by atoms with van der Waals surface area (Å²) in [6.45, 7) is 8.65. The lowest BCUT2D eigenvalue weighted by atomic mass is 9.91. The van der Waals surface area contributed by atoms with E-state index in [2.05, 4.69) is 57.3 Å². The number of benzene rings is 2. The van der Waals surface area contributed by atoms with Crippen molar-refractivity contribution in [3.8, 4) is 0 Å². The Morgan fingerprint density at radius 1 is 1.00 bits per heavy atom. The second-order valence-electron chi connectivity index (χ2n) is 6.30. The molecule has 2 heteroatoms. The highest BCUT2D eigenvalue weighted by atomic mass is 16.3. The van der Waals surface area contributed by atoms with E-state index in [4.69, 9.17) is 0 Å². The van der Waals surface area contributed by atoms with Crippen LogP contribution in [0, 0.1) is 5.92 Å². The van der Waals surface area contributed by atoms with Crippen LogP contribution in [0.5, 0.6) is 0 Å². The highest BCUT2D eigenvalue weighted by Gasteiger charge is 2.25. The molecule has 0 aliphatic rings. The molecular weight excluding hydrogens is 258 g/mol. The minimum atomic E-state index is -0.483. The van der Waals surface area contributed by atoms with Gasteiger partial charge in [-0.15, -0.1) is 0 Å². The molecule has 0 saturated carbocycles. The topological polar surface area (TPSA) is 32.3 Å². The third-order valence-electron chi connectivity index (χ3n) is 4.26. The maximum Gasteiger partial charge on any atom is 0.0945 e. The maximum atomic E-state index is 10.8. The molecule has 2 nitrogen and oxygen atoms in total. The van der Waals surface area contributed by atoms with Crippen LogP contribution in [-0.2, 0) is 0 Å². The van der Waals surface area contributed by atoms with E-state index in [1.165, 1.54) is 10.8 Å². The molecule has 0 aliphatic heterocycles. The Morgan fingerprint density at radius 3 is 2.29 bits per heavy atom. The van der Waals surface area contributed by atoms with Crippen molar-refractivity contribution >= 4 is 10.8 Å². The van der Waals surface area contributed by atoms with Crippen molar-refractivity contribution < 1.29 is 5.11 Å². The van der Waals surface area contributed by atoms with Gasteiger partial charge in [0.15, 0.2) is 0 Å². The van der Waals surface area contributed by atoms with E-state index in [-0.39, 0.29) is 6.04 Å². The molecule has 0 heterocycles. The Bertz CT molecular complexity index is 579. The van der Waals surface area contributed by atoms with Gasteiger partial charge >= 0.3 is 0 Å². The number of fused-ring (bicyclic) bond motifs is 1. The van der Waals surface area contributed by atoms with Crippen LogP contribution in [0.3, 0.4) is 0 Å². The predicted molar refractivity (Wildman–Crippen MR) is 90.4 cm³/mol. The largest absolute Gasteiger partial charge is 0.387 e. The fraction of sp³-hybridized carbons (Fsp3) is 0.474. The third kappa shape index (κ3) is 3.84. The van der Waals surface area contributed by atoms with Gasteiger partial charge in [-0.25, -0.2) is 0 Å². The van der Waals surface area contributed by atoms with Gasteiger partial charge in [0.25, 0.3) is 0 Å². The molecule has 2 aromatic carbocycles. The maximum absolute atomic E-state index is 10.8. The molecule has 114 valence electrons. The van der Waals surface area contributed by atoms with E-state index < -0.39 is 6.10 Å². The summed E-state index contributed by atoms with van der Waals surface area (Å²) in [6, 6.07) is 15.0. The summed E-state index contributed by atoms with van der Waals surface area (Å²) >= 11 is 0. The fourth-order valence-electron chi connectivity index (χ4n) is 2.69. The van der Waals surface area contributed by atoms with Crippen LogP contribution >= 0.6 is 0 Å². The summed E-state index contributed by atoms with van der Waals surface area (Å²) in [5.74, 6) is 0.375. The first kappa shape index (κ1) is 16.0. The molecule has 0 aliphatic carbocycles. The molecule has 0 fully saturated rings. The lowest BCUT2D eigenvalue weighted by Crippen LogP contribution is -2.43. The normalized spacial score (nSPS) is 16.1. The smallest absolute Gasteiger partial charge is 0.0945 e. The summed E-state index contributed by atoms with van der Waals surface area (Å²) < 4.78 is 0. The molecule has 2 N–H and O–H groups in total. The molecule has 0 aromatic heterocycles. The molecule has 2 aromatic rings. The molecule has 0 radical (unpaired) electrons. The van der Waals surface area contributed by atoms with E-state index in [0.29, 0.717) is 12.0 Å². The van der Waals surface area contributed by atoms with Gasteiger partial charge in [0.1, 0.15) is 0 Å². The van der Waals surface area contributed by atoms with Crippen molar-refractivity contribution in [1.29, 1.82) is 0 Å². The zero-order valence-corrected chi connectivity index (χ0v) is 13.5. The fourth-order valence-corrected chi connectivity index (χ4v) is 2.69. The highest BCUT2D eigenvalue weighted by molar-refractivity contribution is 5.83. The standard InChI is InChI=1S/C19H27NO/c1-5-14(4)20-18(13(2)3)19(21)17-11-10-15-8-6-7-9-16(15)12-17/h6-14,18-21H,5H2,1-4H3. The summed E-state index contributed by atoms with van der Waals surface area (Å²) in [5.41, 5.74) is 0.989. The van der Waals surface area contributed by atoms with Gasteiger partial charge in [-0.05, 0) is 41.7 Å². The van der Waals surface area contributed by atoms with Gasteiger partial charge in [0, 0.05) is 12.1 Å². The van der Waals surface area contributed by atoms with E-state index in [0.717, 1.165) is 12.0 Å². The monoisotopic (exact) mass is 285 g/mol. The van der Waals surface area contributed by atoms with E-state index in [9.17, 15) is 5.11 Å². The number of nitrogens with one attached hydrogen (secondary N) is 1. The van der Waals surface area contributed by atoms with Crippen LogP contribution in [0.25, 0.3) is 10.8 Å². The van der Waals surface area contributed by atoms with Gasteiger partial charge in [0.05, 0.1) is 6.10 Å². The Kier molecular flexibility index (Phi) is 5.38. The molecule has 0 spiro atoms. The molecular formula is C19H27NO. The molecule has 0 amide bonds. The minimum Gasteiger partial charge on any atom is -0.387 e. The van der Waals surface area contributed by atoms with Crippen LogP contribution in [0.4, 0.5) is 0 Å². The lowest BCUT2D eigenvalue weighted by Gasteiger charge is -2.30. The van der Waals surface area contributed by atoms with Crippen molar-refractivity contribution in [3.63, 3.8) is 0 Å². The van der Waals surface area contributed by atoms with Crippen LogP contribution in [0.2, 0.25) is 0 Å². The zero-order valence-electron chi connectivity index (χ0n) is 13.5. The first-order valence-corrected chi connectivity index (χ1v) is 7.95. The molecule has 0 bridgehead atoms. The predicted octanol–water partition coefficient (Wildman–Crippen LogP) is 4.29. The Morgan fingerprint density at radius 2 is 1.67 bits per heavy atom. The van der Waals surface area contributed by atoms with Crippen molar-refractivity contribution in [2.24, 2.45) is 5.92 Å². The van der Waals surface area contributed by atoms with Gasteiger partial charge < -0.3 is 10.4 Å². The SMILES string of the molecule is CCC(C)NC(C(C)C)C(O)c1ccc2ccccc2c1. The Hall–Kier alpha value is -1.38. The average molecular weight is 285 g/mol. The van der Waals surface area contributed by atoms with Crippen LogP contribution < -0.4 is 5.32 Å². The number of aliphatic hydroxyl groups excluding tert-OH is 1. The summed E-state index contributed by atoms with van der Waals surface area (Å²) in [6.07, 6.45) is 0.580. The Balaban J connectivity index is 2.27. The summed E-state index contributed by atoms with van der Waals surface area (Å²) in [4.78, 5) is 0. The highest BCUT2D eigenvalue weighted by Crippen LogP contribution is 2.26. The van der Waals surface area contributed by atoms with Gasteiger partial charge in [-0.2, -0.15) is 0 Å². The van der Waals surface area contributed by atoms with Crippen molar-refractivity contribution in [3.05, 3.63) is 48.0 Å². The van der Waals surface area contributed by atoms with Crippen LogP contribution in [-0.4, -0.2) is 17.2 Å². The third-order valence-corrected chi connectivity index (χ3v) is 4.26. The first-order chi connectivity index (χ1) is 10.0. The number of rotatable bonds is 6. The number of aliphatic hydroxyl groups is 1. The van der Waals surface area contributed by atoms with Gasteiger partial charge in [0.2, 0.25) is 0 Å². The zero-order chi connectivity index (χ0) is 15.4. The van der Waals surface area contributed by atoms with Gasteiger partial charge in [-0.3, -0.25) is 0 Å². The quantitative estimate of drug-likeness (QED) is 0.830. The number of hydrogen-bond donors (Lipinski definition) is 2. The summed E-state index contributed by atoms with van der Waals surface area (Å²) in [5, 5.41) is 16.7. The van der Waals surface area contributed by atoms with Crippen molar-refractivity contribution in [2.75, 3.05) is 0 Å². The van der Waals surface area contributed by atoms with E-state index >= 15 is 0 Å². The molecule has 3 atom stereocenters. The molecule has 2 rings (SSSR count). The Labute approximate surface area is 128 Å². The second kappa shape index (κ2) is 7.06. The van der Waals surface area contributed by atoms with Crippen molar-refractivity contribution in [1.82, 2.24) is 5.32 Å². The van der Waals surface area contributed by atoms with Gasteiger partial charge in [-0.1, -0.05) is 57.2 Å². The van der Waals surface area contributed by atoms with E-state index in [1.807, 2.05) is 18.2 Å². The molecule has 21 heavy (non-hydrogen) atoms. The molecule has 0 saturated heterocycles. The minimum absolute atomic E-state index is 0.0705. The first-order valence-electron chi connectivity index (χ1n) is 7.95. The van der Waals surface area contributed by atoms with Crippen LogP contribution in [0.1, 0.15) is 45.8 Å². The van der Waals surface area contributed by atoms with Crippen molar-refractivity contribution in [2.45, 2.75) is 52.3 Å². The lowest BCUT2D eigenvalue weighted by molar-refractivity contribution is 0.0987. The van der Waals surface area contributed by atoms with E-state index in [1.54, 1.807) is 0 Å². The summed E-state index contributed by atoms with van der Waals surface area (Å²) in [7, 11) is 0. The van der Waals surface area contributed by atoms with Crippen LogP contribution in [0.15, 0.2) is 42.5 Å². The second-order valence-corrected chi connectivity index (χ2v) is 6.30. The molecule has 3 unspecified atom stereocenters. The average Bonchev–Trinajstić information content (AvgIpc) is 2.50.